The van der Waals surface area contributed by atoms with Crippen LogP contribution in [-0.4, -0.2) is 27.8 Å². The number of nitrogens with zero attached hydrogens (tertiary/aromatic N) is 2. The van der Waals surface area contributed by atoms with E-state index < -0.39 is 5.60 Å². The molecule has 2 rings (SSSR count). The monoisotopic (exact) mass is 272 g/mol. The number of Topliss-reactive ketones (excluding diaryl/α,β-unsaturated/α-hetero) is 1. The van der Waals surface area contributed by atoms with Crippen LogP contribution in [0.3, 0.4) is 0 Å². The normalized spacial score (nSPS) is 13.9. The molecule has 0 fully saturated rings. The molecule has 106 valence electrons. The quantitative estimate of drug-likeness (QED) is 0.758. The number of ketones is 1. The molecule has 4 nitrogen and oxygen atoms in total. The van der Waals surface area contributed by atoms with E-state index in [1.807, 2.05) is 51.1 Å². The van der Waals surface area contributed by atoms with Gasteiger partial charge in [0.25, 0.3) is 0 Å². The number of hydrogen-bond donors (Lipinski definition) is 0. The lowest BCUT2D eigenvalue weighted by Gasteiger charge is -2.26. The molecule has 0 radical (unpaired) electrons. The molecule has 0 saturated heterocycles. The number of ether oxygens (including phenoxy) is 1. The molecule has 0 amide bonds. The molecule has 1 aromatic carbocycles. The van der Waals surface area contributed by atoms with Crippen molar-refractivity contribution in [2.24, 2.45) is 0 Å². The maximum atomic E-state index is 12.8. The van der Waals surface area contributed by atoms with Gasteiger partial charge in [-0.15, -0.1) is 0 Å². The molecule has 0 spiro atoms. The van der Waals surface area contributed by atoms with Crippen LogP contribution in [0.4, 0.5) is 0 Å². The smallest absolute Gasteiger partial charge is 0.212 e. The number of benzene rings is 1. The van der Waals surface area contributed by atoms with Gasteiger partial charge in [0.15, 0.2) is 0 Å². The minimum atomic E-state index is -0.804. The molecule has 4 heteroatoms. The zero-order valence-electron chi connectivity index (χ0n) is 12.2. The van der Waals surface area contributed by atoms with E-state index in [1.54, 1.807) is 16.9 Å². The van der Waals surface area contributed by atoms with Crippen LogP contribution in [-0.2, 0) is 4.74 Å². The first kappa shape index (κ1) is 14.5. The van der Waals surface area contributed by atoms with Crippen LogP contribution in [0.15, 0.2) is 42.6 Å². The van der Waals surface area contributed by atoms with E-state index in [4.69, 9.17) is 4.74 Å². The van der Waals surface area contributed by atoms with E-state index in [0.717, 1.165) is 5.69 Å². The molecule has 2 aromatic rings. The highest BCUT2D eigenvalue weighted by Gasteiger charge is 2.34. The van der Waals surface area contributed by atoms with Crippen LogP contribution in [0.5, 0.6) is 0 Å². The number of rotatable bonds is 6. The molecule has 0 N–H and O–H groups in total. The van der Waals surface area contributed by atoms with Crippen molar-refractivity contribution in [3.63, 3.8) is 0 Å². The number of carbonyl (C=O) groups excluding carboxylic acids is 1. The lowest BCUT2D eigenvalue weighted by atomic mass is 9.95. The van der Waals surface area contributed by atoms with Gasteiger partial charge in [0.1, 0.15) is 11.3 Å². The summed E-state index contributed by atoms with van der Waals surface area (Å²) in [7, 11) is 0. The summed E-state index contributed by atoms with van der Waals surface area (Å²) in [4.78, 5) is 12.8. The molecule has 0 aliphatic heterocycles. The third-order valence-corrected chi connectivity index (χ3v) is 3.49. The Bertz CT molecular complexity index is 577. The first-order chi connectivity index (χ1) is 9.62. The number of hydrogen-bond acceptors (Lipinski definition) is 3. The predicted octanol–water partition coefficient (Wildman–Crippen LogP) is 3.26. The Hall–Kier alpha value is -1.94. The molecule has 1 atom stereocenters. The molecule has 20 heavy (non-hydrogen) atoms. The molecule has 0 bridgehead atoms. The van der Waals surface area contributed by atoms with Gasteiger partial charge in [-0.1, -0.05) is 25.1 Å². The van der Waals surface area contributed by atoms with Crippen molar-refractivity contribution in [2.75, 3.05) is 6.61 Å². The van der Waals surface area contributed by atoms with Gasteiger partial charge in [-0.05, 0) is 38.5 Å². The van der Waals surface area contributed by atoms with Gasteiger partial charge in [-0.3, -0.25) is 4.79 Å². The van der Waals surface area contributed by atoms with E-state index in [2.05, 4.69) is 5.10 Å². The molecule has 0 aliphatic carbocycles. The van der Waals surface area contributed by atoms with Crippen molar-refractivity contribution in [1.29, 1.82) is 0 Å². The SMILES string of the molecule is CCOC(C)(CC)C(=O)c1ccnn1-c1ccccc1. The van der Waals surface area contributed by atoms with Gasteiger partial charge in [-0.2, -0.15) is 5.10 Å². The molecular weight excluding hydrogens is 252 g/mol. The Labute approximate surface area is 119 Å². The molecule has 0 saturated carbocycles. The summed E-state index contributed by atoms with van der Waals surface area (Å²) in [5.41, 5.74) is 0.617. The van der Waals surface area contributed by atoms with Crippen molar-refractivity contribution in [2.45, 2.75) is 32.8 Å². The lowest BCUT2D eigenvalue weighted by molar-refractivity contribution is -0.0121. The summed E-state index contributed by atoms with van der Waals surface area (Å²) in [6.07, 6.45) is 2.27. The van der Waals surface area contributed by atoms with Crippen LogP contribution in [0.2, 0.25) is 0 Å². The lowest BCUT2D eigenvalue weighted by Crippen LogP contribution is -2.39. The fraction of sp³-hybridized carbons (Fsp3) is 0.375. The molecule has 0 aliphatic rings. The van der Waals surface area contributed by atoms with E-state index in [1.165, 1.54) is 0 Å². The number of aromatic nitrogens is 2. The first-order valence-corrected chi connectivity index (χ1v) is 6.90. The second kappa shape index (κ2) is 6.01. The van der Waals surface area contributed by atoms with Crippen LogP contribution in [0, 0.1) is 0 Å². The van der Waals surface area contributed by atoms with Gasteiger partial charge in [0.05, 0.1) is 11.9 Å². The van der Waals surface area contributed by atoms with Crippen LogP contribution < -0.4 is 0 Å². The second-order valence-corrected chi connectivity index (χ2v) is 4.81. The van der Waals surface area contributed by atoms with Crippen molar-refractivity contribution < 1.29 is 9.53 Å². The Morgan fingerprint density at radius 1 is 1.25 bits per heavy atom. The maximum Gasteiger partial charge on any atom is 0.212 e. The van der Waals surface area contributed by atoms with Crippen molar-refractivity contribution in [3.8, 4) is 5.69 Å². The Morgan fingerprint density at radius 3 is 2.55 bits per heavy atom. The van der Waals surface area contributed by atoms with Gasteiger partial charge < -0.3 is 4.74 Å². The molecular formula is C16H20N2O2. The molecule has 1 heterocycles. The Balaban J connectivity index is 2.40. The zero-order chi connectivity index (χ0) is 14.6. The number of carbonyl (C=O) groups is 1. The zero-order valence-corrected chi connectivity index (χ0v) is 12.2. The average molecular weight is 272 g/mol. The molecule has 1 unspecified atom stereocenters. The Morgan fingerprint density at radius 2 is 1.95 bits per heavy atom. The van der Waals surface area contributed by atoms with Crippen LogP contribution in [0.1, 0.15) is 37.7 Å². The number of para-hydroxylation sites is 1. The van der Waals surface area contributed by atoms with Crippen molar-refractivity contribution in [1.82, 2.24) is 9.78 Å². The summed E-state index contributed by atoms with van der Waals surface area (Å²) in [5, 5.41) is 4.26. The van der Waals surface area contributed by atoms with Gasteiger partial charge in [0, 0.05) is 6.61 Å². The third kappa shape index (κ3) is 2.65. The standard InChI is InChI=1S/C16H20N2O2/c1-4-16(3,20-5-2)15(19)14-11-12-17-18(14)13-9-7-6-8-10-13/h6-12H,4-5H2,1-3H3. The van der Waals surface area contributed by atoms with Crippen LogP contribution in [0.25, 0.3) is 5.69 Å². The topological polar surface area (TPSA) is 44.1 Å². The summed E-state index contributed by atoms with van der Waals surface area (Å²) >= 11 is 0. The van der Waals surface area contributed by atoms with Gasteiger partial charge >= 0.3 is 0 Å². The van der Waals surface area contributed by atoms with Crippen molar-refractivity contribution >= 4 is 5.78 Å². The highest BCUT2D eigenvalue weighted by molar-refractivity contribution is 6.01. The Kier molecular flexibility index (Phi) is 4.35. The van der Waals surface area contributed by atoms with E-state index in [9.17, 15) is 4.79 Å². The van der Waals surface area contributed by atoms with Gasteiger partial charge in [0.2, 0.25) is 5.78 Å². The second-order valence-electron chi connectivity index (χ2n) is 4.81. The predicted molar refractivity (Wildman–Crippen MR) is 78.2 cm³/mol. The highest BCUT2D eigenvalue weighted by Crippen LogP contribution is 2.23. The van der Waals surface area contributed by atoms with Gasteiger partial charge in [-0.25, -0.2) is 4.68 Å². The molecule has 1 aromatic heterocycles. The summed E-state index contributed by atoms with van der Waals surface area (Å²) < 4.78 is 7.33. The van der Waals surface area contributed by atoms with E-state index in [-0.39, 0.29) is 5.78 Å². The summed E-state index contributed by atoms with van der Waals surface area (Å²) in [6, 6.07) is 11.4. The van der Waals surface area contributed by atoms with Crippen LogP contribution >= 0.6 is 0 Å². The summed E-state index contributed by atoms with van der Waals surface area (Å²) in [5.74, 6) is -0.0387. The minimum Gasteiger partial charge on any atom is -0.367 e. The maximum absolute atomic E-state index is 12.8. The van der Waals surface area contributed by atoms with E-state index in [0.29, 0.717) is 18.7 Å². The fourth-order valence-corrected chi connectivity index (χ4v) is 2.17. The first-order valence-electron chi connectivity index (χ1n) is 6.90. The fourth-order valence-electron chi connectivity index (χ4n) is 2.17. The van der Waals surface area contributed by atoms with E-state index >= 15 is 0 Å². The summed E-state index contributed by atoms with van der Waals surface area (Å²) in [6.45, 7) is 6.20. The largest absolute Gasteiger partial charge is 0.367 e. The van der Waals surface area contributed by atoms with Crippen molar-refractivity contribution in [3.05, 3.63) is 48.3 Å². The average Bonchev–Trinajstić information content (AvgIpc) is 2.96. The highest BCUT2D eigenvalue weighted by atomic mass is 16.5. The minimum absolute atomic E-state index is 0.0387. The third-order valence-electron chi connectivity index (χ3n) is 3.49.